The van der Waals surface area contributed by atoms with E-state index in [9.17, 15) is 18.0 Å². The van der Waals surface area contributed by atoms with E-state index in [1.54, 1.807) is 0 Å². The smallest absolute Gasteiger partial charge is 0.475 e. The number of carbonyl (C=O) groups is 2. The summed E-state index contributed by atoms with van der Waals surface area (Å²) in [5.74, 6) is -2.76. The average Bonchev–Trinajstić information content (AvgIpc) is 3.16. The van der Waals surface area contributed by atoms with Crippen LogP contribution < -0.4 is 5.32 Å². The molecule has 2 aromatic carbocycles. The summed E-state index contributed by atoms with van der Waals surface area (Å²) < 4.78 is 31.7. The molecule has 34 heavy (non-hydrogen) atoms. The standard InChI is InChI=1S/C22H26ClN3O.C2HF3O2/c23-20-11-5-4-8-18(20)16-26-15-7-13-22(26)12-6-14-25(17-22)21(27)24-19-9-2-1-3-10-19;3-2(4,5)1(6)7/h1-5,8-11H,6-7,12-17H2,(H,24,27);(H,6,7). The summed E-state index contributed by atoms with van der Waals surface area (Å²) in [5.41, 5.74) is 2.10. The number of benzene rings is 2. The summed E-state index contributed by atoms with van der Waals surface area (Å²) in [6.07, 6.45) is -0.570. The predicted molar refractivity (Wildman–Crippen MR) is 124 cm³/mol. The zero-order valence-electron chi connectivity index (χ0n) is 18.5. The maximum absolute atomic E-state index is 12.8. The minimum Gasteiger partial charge on any atom is -0.475 e. The first kappa shape index (κ1) is 25.8. The first-order valence-electron chi connectivity index (χ1n) is 11.0. The summed E-state index contributed by atoms with van der Waals surface area (Å²) in [6.45, 7) is 3.53. The Balaban J connectivity index is 0.000000406. The molecule has 1 spiro atoms. The van der Waals surface area contributed by atoms with E-state index in [4.69, 9.17) is 21.5 Å². The summed E-state index contributed by atoms with van der Waals surface area (Å²) in [4.78, 5) is 26.2. The molecule has 2 aliphatic rings. The Morgan fingerprint density at radius 1 is 1.00 bits per heavy atom. The van der Waals surface area contributed by atoms with E-state index in [2.05, 4.69) is 16.3 Å². The molecule has 2 amide bonds. The number of likely N-dealkylation sites (tertiary alicyclic amines) is 2. The molecule has 2 fully saturated rings. The number of para-hydroxylation sites is 1. The van der Waals surface area contributed by atoms with Crippen LogP contribution in [0, 0.1) is 0 Å². The number of rotatable bonds is 3. The number of nitrogens with one attached hydrogen (secondary N) is 1. The lowest BCUT2D eigenvalue weighted by Crippen LogP contribution is -2.57. The van der Waals surface area contributed by atoms with Gasteiger partial charge in [-0.25, -0.2) is 9.59 Å². The SMILES string of the molecule is O=C(Nc1ccccc1)N1CCCC2(CCCN2Cc2ccccc2Cl)C1.O=C(O)C(F)(F)F. The van der Waals surface area contributed by atoms with Crippen LogP contribution in [0.5, 0.6) is 0 Å². The van der Waals surface area contributed by atoms with Gasteiger partial charge in [-0.15, -0.1) is 0 Å². The maximum Gasteiger partial charge on any atom is 0.490 e. The number of amides is 2. The van der Waals surface area contributed by atoms with E-state index in [1.807, 2.05) is 53.4 Å². The topological polar surface area (TPSA) is 72.9 Å². The first-order valence-corrected chi connectivity index (χ1v) is 11.4. The van der Waals surface area contributed by atoms with E-state index in [1.165, 1.54) is 12.0 Å². The van der Waals surface area contributed by atoms with Gasteiger partial charge in [-0.2, -0.15) is 13.2 Å². The highest BCUT2D eigenvalue weighted by molar-refractivity contribution is 6.31. The molecule has 2 aliphatic heterocycles. The van der Waals surface area contributed by atoms with Gasteiger partial charge < -0.3 is 15.3 Å². The minimum absolute atomic E-state index is 0.00451. The molecule has 1 atom stereocenters. The third-order valence-corrected chi connectivity index (χ3v) is 6.54. The van der Waals surface area contributed by atoms with Gasteiger partial charge >= 0.3 is 18.2 Å². The maximum atomic E-state index is 12.8. The molecule has 2 aromatic rings. The first-order chi connectivity index (χ1) is 16.1. The molecule has 0 radical (unpaired) electrons. The highest BCUT2D eigenvalue weighted by Crippen LogP contribution is 2.39. The molecular weight excluding hydrogens is 471 g/mol. The van der Waals surface area contributed by atoms with Crippen LogP contribution in [0.15, 0.2) is 54.6 Å². The predicted octanol–water partition coefficient (Wildman–Crippen LogP) is 5.64. The van der Waals surface area contributed by atoms with Crippen molar-refractivity contribution in [3.8, 4) is 0 Å². The van der Waals surface area contributed by atoms with Crippen LogP contribution in [0.25, 0.3) is 0 Å². The third-order valence-electron chi connectivity index (χ3n) is 6.17. The Labute approximate surface area is 201 Å². The molecule has 10 heteroatoms. The summed E-state index contributed by atoms with van der Waals surface area (Å²) in [5, 5.41) is 11.0. The number of carboxylic acids is 1. The Hall–Kier alpha value is -2.78. The molecule has 0 saturated carbocycles. The van der Waals surface area contributed by atoms with Gasteiger partial charge in [-0.3, -0.25) is 4.90 Å². The molecule has 0 bridgehead atoms. The quantitative estimate of drug-likeness (QED) is 0.576. The summed E-state index contributed by atoms with van der Waals surface area (Å²) in [6, 6.07) is 17.8. The third kappa shape index (κ3) is 6.64. The van der Waals surface area contributed by atoms with Gasteiger partial charge in [0.15, 0.2) is 0 Å². The van der Waals surface area contributed by atoms with Crippen molar-refractivity contribution >= 4 is 29.3 Å². The number of piperidine rings is 1. The Morgan fingerprint density at radius 3 is 2.21 bits per heavy atom. The second-order valence-corrected chi connectivity index (χ2v) is 8.87. The van der Waals surface area contributed by atoms with E-state index >= 15 is 0 Å². The lowest BCUT2D eigenvalue weighted by molar-refractivity contribution is -0.192. The number of alkyl halides is 3. The molecule has 0 aliphatic carbocycles. The van der Waals surface area contributed by atoms with Gasteiger partial charge in [-0.1, -0.05) is 48.0 Å². The monoisotopic (exact) mass is 497 g/mol. The fourth-order valence-electron chi connectivity index (χ4n) is 4.55. The molecule has 6 nitrogen and oxygen atoms in total. The van der Waals surface area contributed by atoms with Crippen LogP contribution in [0.3, 0.4) is 0 Å². The van der Waals surface area contributed by atoms with E-state index < -0.39 is 12.1 Å². The van der Waals surface area contributed by atoms with Crippen molar-refractivity contribution in [1.29, 1.82) is 0 Å². The number of carbonyl (C=O) groups excluding carboxylic acids is 1. The van der Waals surface area contributed by atoms with Gasteiger partial charge in [-0.05, 0) is 56.0 Å². The van der Waals surface area contributed by atoms with Crippen LogP contribution in [0.2, 0.25) is 5.02 Å². The van der Waals surface area contributed by atoms with E-state index in [-0.39, 0.29) is 11.6 Å². The molecular formula is C24H27ClF3N3O3. The van der Waals surface area contributed by atoms with Gasteiger partial charge in [0.05, 0.1) is 0 Å². The number of aliphatic carboxylic acids is 1. The second-order valence-electron chi connectivity index (χ2n) is 8.47. The Bertz CT molecular complexity index is 990. The van der Waals surface area contributed by atoms with Gasteiger partial charge in [0, 0.05) is 35.9 Å². The number of halogens is 4. The van der Waals surface area contributed by atoms with Crippen LogP contribution in [0.4, 0.5) is 23.7 Å². The van der Waals surface area contributed by atoms with Crippen molar-refractivity contribution in [2.75, 3.05) is 25.0 Å². The molecule has 4 rings (SSSR count). The van der Waals surface area contributed by atoms with E-state index in [0.717, 1.165) is 56.2 Å². The highest BCUT2D eigenvalue weighted by Gasteiger charge is 2.44. The van der Waals surface area contributed by atoms with Crippen molar-refractivity contribution in [3.63, 3.8) is 0 Å². The number of urea groups is 1. The van der Waals surface area contributed by atoms with Crippen LogP contribution >= 0.6 is 11.6 Å². The number of anilines is 1. The zero-order valence-corrected chi connectivity index (χ0v) is 19.3. The Kier molecular flexibility index (Phi) is 8.43. The van der Waals surface area contributed by atoms with Gasteiger partial charge in [0.25, 0.3) is 0 Å². The van der Waals surface area contributed by atoms with Crippen molar-refractivity contribution in [2.45, 2.75) is 43.9 Å². The van der Waals surface area contributed by atoms with Gasteiger partial charge in [0.2, 0.25) is 0 Å². The minimum atomic E-state index is -5.08. The van der Waals surface area contributed by atoms with Crippen LogP contribution in [0.1, 0.15) is 31.2 Å². The summed E-state index contributed by atoms with van der Waals surface area (Å²) in [7, 11) is 0. The van der Waals surface area contributed by atoms with Crippen molar-refractivity contribution in [2.24, 2.45) is 0 Å². The van der Waals surface area contributed by atoms with Crippen molar-refractivity contribution in [3.05, 3.63) is 65.2 Å². The fourth-order valence-corrected chi connectivity index (χ4v) is 4.74. The van der Waals surface area contributed by atoms with Crippen molar-refractivity contribution < 1.29 is 27.9 Å². The largest absolute Gasteiger partial charge is 0.490 e. The molecule has 2 N–H and O–H groups in total. The molecule has 2 heterocycles. The van der Waals surface area contributed by atoms with Crippen molar-refractivity contribution in [1.82, 2.24) is 9.80 Å². The van der Waals surface area contributed by atoms with E-state index in [0.29, 0.717) is 0 Å². The number of hydrogen-bond acceptors (Lipinski definition) is 3. The number of carboxylic acid groups (broad SMARTS) is 1. The zero-order chi connectivity index (χ0) is 24.8. The fraction of sp³-hybridized carbons (Fsp3) is 0.417. The lowest BCUT2D eigenvalue weighted by atomic mass is 9.86. The lowest BCUT2D eigenvalue weighted by Gasteiger charge is -2.46. The molecule has 184 valence electrons. The normalized spacial score (nSPS) is 20.5. The second kappa shape index (κ2) is 11.1. The Morgan fingerprint density at radius 2 is 1.59 bits per heavy atom. The van der Waals surface area contributed by atoms with Crippen LogP contribution in [-0.4, -0.2) is 58.3 Å². The molecule has 0 aromatic heterocycles. The number of nitrogens with zero attached hydrogens (tertiary/aromatic N) is 2. The van der Waals surface area contributed by atoms with Gasteiger partial charge in [0.1, 0.15) is 0 Å². The average molecular weight is 498 g/mol. The molecule has 2 saturated heterocycles. The molecule has 1 unspecified atom stereocenters. The highest BCUT2D eigenvalue weighted by atomic mass is 35.5. The van der Waals surface area contributed by atoms with Crippen LogP contribution in [-0.2, 0) is 11.3 Å². The number of hydrogen-bond donors (Lipinski definition) is 2. The summed E-state index contributed by atoms with van der Waals surface area (Å²) >= 11 is 6.40.